The molecule has 0 spiro atoms. The first-order valence-electron chi connectivity index (χ1n) is 5.74. The summed E-state index contributed by atoms with van der Waals surface area (Å²) in [6.07, 6.45) is 2.26. The fourth-order valence-electron chi connectivity index (χ4n) is 2.36. The monoisotopic (exact) mass is 255 g/mol. The molecule has 1 aromatic carbocycles. The van der Waals surface area contributed by atoms with E-state index < -0.39 is 9.84 Å². The molecule has 2 rings (SSSR count). The van der Waals surface area contributed by atoms with E-state index in [1.54, 1.807) is 12.1 Å². The van der Waals surface area contributed by atoms with Crippen LogP contribution in [0.15, 0.2) is 18.2 Å². The van der Waals surface area contributed by atoms with Crippen molar-refractivity contribution >= 4 is 15.5 Å². The number of benzene rings is 1. The summed E-state index contributed by atoms with van der Waals surface area (Å²) in [4.78, 5) is 0. The molecule has 0 amide bonds. The highest BCUT2D eigenvalue weighted by Crippen LogP contribution is 2.26. The molecule has 1 aliphatic heterocycles. The molecule has 1 aliphatic rings. The van der Waals surface area contributed by atoms with Crippen molar-refractivity contribution in [1.29, 1.82) is 0 Å². The molecule has 0 saturated carbocycles. The second-order valence-electron chi connectivity index (χ2n) is 4.71. The fraction of sp³-hybridized carbons (Fsp3) is 0.500. The van der Waals surface area contributed by atoms with E-state index in [4.69, 9.17) is 5.73 Å². The van der Waals surface area contributed by atoms with E-state index in [1.165, 1.54) is 6.07 Å². The molecule has 1 heterocycles. The number of nitrogen functional groups attached to an aromatic ring is 1. The fourth-order valence-corrected chi connectivity index (χ4v) is 4.13. The number of anilines is 1. The molecular weight excluding hydrogens is 238 g/mol. The highest BCUT2D eigenvalue weighted by atomic mass is 32.2. The Bertz CT molecular complexity index is 510. The van der Waals surface area contributed by atoms with Crippen molar-refractivity contribution in [3.8, 4) is 5.75 Å². The third kappa shape index (κ3) is 3.12. The molecular formula is C12H17NO3S. The van der Waals surface area contributed by atoms with E-state index >= 15 is 0 Å². The average Bonchev–Trinajstić information content (AvgIpc) is 2.22. The second kappa shape index (κ2) is 4.56. The summed E-state index contributed by atoms with van der Waals surface area (Å²) in [5.74, 6) is 0.840. The van der Waals surface area contributed by atoms with Gasteiger partial charge in [-0.1, -0.05) is 0 Å². The zero-order valence-corrected chi connectivity index (χ0v) is 10.4. The van der Waals surface area contributed by atoms with E-state index in [2.05, 4.69) is 0 Å². The average molecular weight is 255 g/mol. The summed E-state index contributed by atoms with van der Waals surface area (Å²) >= 11 is 0. The molecule has 17 heavy (non-hydrogen) atoms. The quantitative estimate of drug-likeness (QED) is 0.617. The third-order valence-corrected chi connectivity index (χ3v) is 5.08. The van der Waals surface area contributed by atoms with Crippen LogP contribution >= 0.6 is 0 Å². The molecule has 1 aromatic rings. The number of rotatable bonds is 2. The summed E-state index contributed by atoms with van der Waals surface area (Å²) in [5.41, 5.74) is 7.27. The van der Waals surface area contributed by atoms with Gasteiger partial charge in [0.1, 0.15) is 5.75 Å². The van der Waals surface area contributed by atoms with Gasteiger partial charge in [-0.2, -0.15) is 0 Å². The Morgan fingerprint density at radius 1 is 1.41 bits per heavy atom. The predicted molar refractivity (Wildman–Crippen MR) is 67.6 cm³/mol. The lowest BCUT2D eigenvalue weighted by Crippen LogP contribution is -2.26. The maximum absolute atomic E-state index is 11.5. The molecule has 1 fully saturated rings. The van der Waals surface area contributed by atoms with Gasteiger partial charge in [-0.15, -0.1) is 0 Å². The van der Waals surface area contributed by atoms with Crippen LogP contribution in [-0.2, 0) is 16.3 Å². The topological polar surface area (TPSA) is 80.4 Å². The Kier molecular flexibility index (Phi) is 3.28. The summed E-state index contributed by atoms with van der Waals surface area (Å²) < 4.78 is 23.0. The van der Waals surface area contributed by atoms with Crippen LogP contribution in [0, 0.1) is 5.92 Å². The molecule has 4 nitrogen and oxygen atoms in total. The summed E-state index contributed by atoms with van der Waals surface area (Å²) in [5, 5.41) is 9.40. The van der Waals surface area contributed by atoms with Gasteiger partial charge < -0.3 is 10.8 Å². The van der Waals surface area contributed by atoms with Crippen molar-refractivity contribution in [1.82, 2.24) is 0 Å². The van der Waals surface area contributed by atoms with E-state index in [0.717, 1.165) is 18.4 Å². The molecule has 1 saturated heterocycles. The molecule has 94 valence electrons. The Morgan fingerprint density at radius 2 is 2.18 bits per heavy atom. The van der Waals surface area contributed by atoms with E-state index in [1.807, 2.05) is 0 Å². The van der Waals surface area contributed by atoms with Crippen LogP contribution in [0.25, 0.3) is 0 Å². The largest absolute Gasteiger partial charge is 0.508 e. The highest BCUT2D eigenvalue weighted by molar-refractivity contribution is 7.91. The molecule has 0 aliphatic carbocycles. The van der Waals surface area contributed by atoms with Crippen molar-refractivity contribution in [2.45, 2.75) is 19.3 Å². The van der Waals surface area contributed by atoms with E-state index in [0.29, 0.717) is 17.9 Å². The van der Waals surface area contributed by atoms with Crippen LogP contribution in [0.2, 0.25) is 0 Å². The van der Waals surface area contributed by atoms with Gasteiger partial charge in [0.15, 0.2) is 9.84 Å². The summed E-state index contributed by atoms with van der Waals surface area (Å²) in [6, 6.07) is 4.81. The normalized spacial score (nSPS) is 23.4. The van der Waals surface area contributed by atoms with Gasteiger partial charge in [0, 0.05) is 5.69 Å². The summed E-state index contributed by atoms with van der Waals surface area (Å²) in [6.45, 7) is 0. The SMILES string of the molecule is Nc1ccc(O)cc1CC1CCCS(=O)(=O)C1. The van der Waals surface area contributed by atoms with Crippen LogP contribution in [0.1, 0.15) is 18.4 Å². The molecule has 0 radical (unpaired) electrons. The van der Waals surface area contributed by atoms with Gasteiger partial charge >= 0.3 is 0 Å². The van der Waals surface area contributed by atoms with Crippen molar-refractivity contribution in [2.75, 3.05) is 17.2 Å². The first-order chi connectivity index (χ1) is 7.96. The minimum absolute atomic E-state index is 0.123. The number of hydrogen-bond donors (Lipinski definition) is 2. The molecule has 0 aromatic heterocycles. The molecule has 5 heteroatoms. The maximum Gasteiger partial charge on any atom is 0.150 e. The van der Waals surface area contributed by atoms with Gasteiger partial charge in [-0.25, -0.2) is 8.42 Å². The van der Waals surface area contributed by atoms with Crippen molar-refractivity contribution in [2.24, 2.45) is 5.92 Å². The number of sulfone groups is 1. The second-order valence-corrected chi connectivity index (χ2v) is 6.94. The van der Waals surface area contributed by atoms with Crippen LogP contribution in [0.4, 0.5) is 5.69 Å². The lowest BCUT2D eigenvalue weighted by atomic mass is 9.95. The Balaban J connectivity index is 2.13. The number of phenols is 1. The van der Waals surface area contributed by atoms with Gasteiger partial charge in [0.2, 0.25) is 0 Å². The van der Waals surface area contributed by atoms with Crippen molar-refractivity contribution < 1.29 is 13.5 Å². The standard InChI is InChI=1S/C12H17NO3S/c13-12-4-3-11(14)7-10(12)6-9-2-1-5-17(15,16)8-9/h3-4,7,9,14H,1-2,5-6,8,13H2. The molecule has 1 atom stereocenters. The van der Waals surface area contributed by atoms with Crippen LogP contribution in [-0.4, -0.2) is 25.0 Å². The zero-order chi connectivity index (χ0) is 12.5. The number of hydrogen-bond acceptors (Lipinski definition) is 4. The minimum atomic E-state index is -2.88. The Morgan fingerprint density at radius 3 is 2.88 bits per heavy atom. The summed E-state index contributed by atoms with van der Waals surface area (Å²) in [7, 11) is -2.88. The maximum atomic E-state index is 11.5. The van der Waals surface area contributed by atoms with Gasteiger partial charge in [-0.3, -0.25) is 0 Å². The van der Waals surface area contributed by atoms with Gasteiger partial charge in [-0.05, 0) is 48.9 Å². The van der Waals surface area contributed by atoms with Gasteiger partial charge in [0.25, 0.3) is 0 Å². The van der Waals surface area contributed by atoms with Crippen LogP contribution in [0.5, 0.6) is 5.75 Å². The van der Waals surface area contributed by atoms with E-state index in [9.17, 15) is 13.5 Å². The predicted octanol–water partition coefficient (Wildman–Crippen LogP) is 1.34. The molecule has 1 unspecified atom stereocenters. The van der Waals surface area contributed by atoms with Crippen molar-refractivity contribution in [3.05, 3.63) is 23.8 Å². The first-order valence-corrected chi connectivity index (χ1v) is 7.56. The van der Waals surface area contributed by atoms with E-state index in [-0.39, 0.29) is 17.4 Å². The lowest BCUT2D eigenvalue weighted by molar-refractivity contribution is 0.469. The smallest absolute Gasteiger partial charge is 0.150 e. The number of phenolic OH excluding ortho intramolecular Hbond substituents is 1. The zero-order valence-electron chi connectivity index (χ0n) is 9.59. The van der Waals surface area contributed by atoms with Crippen LogP contribution < -0.4 is 5.73 Å². The number of aromatic hydroxyl groups is 1. The Hall–Kier alpha value is -1.23. The van der Waals surface area contributed by atoms with Crippen LogP contribution in [0.3, 0.4) is 0 Å². The first kappa shape index (κ1) is 12.2. The lowest BCUT2D eigenvalue weighted by Gasteiger charge is -2.22. The third-order valence-electron chi connectivity index (χ3n) is 3.19. The van der Waals surface area contributed by atoms with Gasteiger partial charge in [0.05, 0.1) is 11.5 Å². The Labute approximate surface area is 101 Å². The number of nitrogens with two attached hydrogens (primary N) is 1. The minimum Gasteiger partial charge on any atom is -0.508 e. The molecule has 0 bridgehead atoms. The highest BCUT2D eigenvalue weighted by Gasteiger charge is 2.25. The molecule has 3 N–H and O–H groups in total. The van der Waals surface area contributed by atoms with Crippen molar-refractivity contribution in [3.63, 3.8) is 0 Å².